The van der Waals surface area contributed by atoms with E-state index in [9.17, 15) is 4.79 Å². The van der Waals surface area contributed by atoms with Gasteiger partial charge in [-0.15, -0.1) is 0 Å². The van der Waals surface area contributed by atoms with Gasteiger partial charge in [0.05, 0.1) is 18.3 Å². The van der Waals surface area contributed by atoms with Crippen molar-refractivity contribution in [3.05, 3.63) is 77.9 Å². The Balaban J connectivity index is 1.31. The van der Waals surface area contributed by atoms with Gasteiger partial charge < -0.3 is 14.8 Å². The minimum atomic E-state index is -0.749. The Morgan fingerprint density at radius 3 is 2.80 bits per heavy atom. The molecule has 2 heterocycles. The molecule has 0 saturated carbocycles. The van der Waals surface area contributed by atoms with Crippen molar-refractivity contribution in [2.24, 2.45) is 0 Å². The summed E-state index contributed by atoms with van der Waals surface area (Å²) >= 11 is 0. The second-order valence-electron chi connectivity index (χ2n) is 7.63. The first-order valence-corrected chi connectivity index (χ1v) is 10.0. The van der Waals surface area contributed by atoms with E-state index in [1.54, 1.807) is 18.6 Å². The van der Waals surface area contributed by atoms with E-state index in [2.05, 4.69) is 21.0 Å². The summed E-state index contributed by atoms with van der Waals surface area (Å²) in [5, 5.41) is 10.3. The number of nitrogens with zero attached hydrogens (tertiary/aromatic N) is 2. The van der Waals surface area contributed by atoms with Crippen LogP contribution in [0, 0.1) is 0 Å². The second-order valence-corrected chi connectivity index (χ2v) is 7.63. The molecule has 6 nitrogen and oxygen atoms in total. The van der Waals surface area contributed by atoms with Gasteiger partial charge >= 0.3 is 5.97 Å². The molecular weight excluding hydrogens is 378 g/mol. The normalized spacial score (nSPS) is 15.3. The highest BCUT2D eigenvalue weighted by molar-refractivity contribution is 5.87. The molecule has 5 rings (SSSR count). The molecular formula is C24H21N3O3. The molecule has 2 aromatic heterocycles. The Bertz CT molecular complexity index is 1200. The van der Waals surface area contributed by atoms with Crippen LogP contribution in [0.1, 0.15) is 35.6 Å². The summed E-state index contributed by atoms with van der Waals surface area (Å²) in [5.74, 6) is 0.131. The molecule has 0 amide bonds. The summed E-state index contributed by atoms with van der Waals surface area (Å²) in [6.45, 7) is 0.473. The molecule has 0 bridgehead atoms. The molecule has 1 aliphatic carbocycles. The molecule has 1 aliphatic rings. The number of aromatic nitrogens is 3. The van der Waals surface area contributed by atoms with E-state index in [1.165, 1.54) is 5.56 Å². The number of aromatic amines is 1. The second kappa shape index (κ2) is 7.63. The van der Waals surface area contributed by atoms with Crippen LogP contribution in [0.5, 0.6) is 5.75 Å². The summed E-state index contributed by atoms with van der Waals surface area (Å²) in [6, 6.07) is 14.1. The molecule has 0 saturated heterocycles. The first-order valence-electron chi connectivity index (χ1n) is 10.0. The molecule has 6 heteroatoms. The predicted molar refractivity (Wildman–Crippen MR) is 113 cm³/mol. The van der Waals surface area contributed by atoms with Gasteiger partial charge in [0.1, 0.15) is 12.4 Å². The molecule has 0 spiro atoms. The maximum Gasteiger partial charge on any atom is 0.304 e. The van der Waals surface area contributed by atoms with Gasteiger partial charge in [-0.1, -0.05) is 24.3 Å². The van der Waals surface area contributed by atoms with Gasteiger partial charge in [-0.05, 0) is 42.2 Å². The number of hydrogen-bond donors (Lipinski definition) is 2. The number of hydrogen-bond acceptors (Lipinski definition) is 4. The van der Waals surface area contributed by atoms with Crippen molar-refractivity contribution >= 4 is 16.9 Å². The standard InChI is InChI=1S/C24H21N3O3/c28-23(29)11-17-5-7-19-20-12-18(6-8-21(20)27-24(17)19)30-14-15-1-3-16(4-2-15)22-13-25-9-10-26-22/h1-4,6,8-10,12-13,17,27H,5,7,11,14H2,(H,28,29). The van der Waals surface area contributed by atoms with E-state index < -0.39 is 5.97 Å². The van der Waals surface area contributed by atoms with Crippen molar-refractivity contribution in [3.63, 3.8) is 0 Å². The third-order valence-corrected chi connectivity index (χ3v) is 5.70. The number of benzene rings is 2. The third-order valence-electron chi connectivity index (χ3n) is 5.70. The highest BCUT2D eigenvalue weighted by Gasteiger charge is 2.28. The van der Waals surface area contributed by atoms with Crippen LogP contribution in [0.15, 0.2) is 61.1 Å². The van der Waals surface area contributed by atoms with Crippen molar-refractivity contribution in [2.75, 3.05) is 0 Å². The fourth-order valence-corrected chi connectivity index (χ4v) is 4.22. The van der Waals surface area contributed by atoms with E-state index in [4.69, 9.17) is 9.84 Å². The van der Waals surface area contributed by atoms with Crippen molar-refractivity contribution < 1.29 is 14.6 Å². The molecule has 2 aromatic carbocycles. The van der Waals surface area contributed by atoms with E-state index in [-0.39, 0.29) is 12.3 Å². The highest BCUT2D eigenvalue weighted by atomic mass is 16.5. The number of aliphatic carboxylic acids is 1. The number of carbonyl (C=O) groups is 1. The van der Waals surface area contributed by atoms with Crippen LogP contribution in [0.4, 0.5) is 0 Å². The largest absolute Gasteiger partial charge is 0.489 e. The van der Waals surface area contributed by atoms with Gasteiger partial charge in [0.15, 0.2) is 0 Å². The fourth-order valence-electron chi connectivity index (χ4n) is 4.22. The number of H-pyrrole nitrogens is 1. The molecule has 1 unspecified atom stereocenters. The van der Waals surface area contributed by atoms with E-state index >= 15 is 0 Å². The quantitative estimate of drug-likeness (QED) is 0.490. The maximum atomic E-state index is 11.1. The molecule has 4 aromatic rings. The average Bonchev–Trinajstić information content (AvgIpc) is 3.32. The van der Waals surface area contributed by atoms with Gasteiger partial charge in [-0.3, -0.25) is 14.8 Å². The van der Waals surface area contributed by atoms with Crippen LogP contribution in [-0.4, -0.2) is 26.0 Å². The number of fused-ring (bicyclic) bond motifs is 3. The van der Waals surface area contributed by atoms with Gasteiger partial charge in [0, 0.05) is 40.5 Å². The number of carboxylic acid groups (broad SMARTS) is 1. The summed E-state index contributed by atoms with van der Waals surface area (Å²) in [5.41, 5.74) is 6.28. The molecule has 2 N–H and O–H groups in total. The molecule has 0 fully saturated rings. The van der Waals surface area contributed by atoms with Gasteiger partial charge in [-0.2, -0.15) is 0 Å². The molecule has 0 radical (unpaired) electrons. The van der Waals surface area contributed by atoms with Crippen molar-refractivity contribution in [2.45, 2.75) is 31.8 Å². The van der Waals surface area contributed by atoms with E-state index in [0.29, 0.717) is 6.61 Å². The lowest BCUT2D eigenvalue weighted by molar-refractivity contribution is -0.137. The minimum Gasteiger partial charge on any atom is -0.489 e. The highest BCUT2D eigenvalue weighted by Crippen LogP contribution is 2.40. The fraction of sp³-hybridized carbons (Fsp3) is 0.208. The topological polar surface area (TPSA) is 88.1 Å². The molecule has 1 atom stereocenters. The lowest BCUT2D eigenvalue weighted by Crippen LogP contribution is -2.03. The predicted octanol–water partition coefficient (Wildman–Crippen LogP) is 4.71. The summed E-state index contributed by atoms with van der Waals surface area (Å²) in [7, 11) is 0. The van der Waals surface area contributed by atoms with Crippen LogP contribution in [0.25, 0.3) is 22.2 Å². The number of nitrogens with one attached hydrogen (secondary N) is 1. The molecule has 30 heavy (non-hydrogen) atoms. The number of ether oxygens (including phenoxy) is 1. The SMILES string of the molecule is O=C(O)CC1CCc2c1[nH]c1ccc(OCc3ccc(-c4cnccn4)cc3)cc21. The van der Waals surface area contributed by atoms with Crippen molar-refractivity contribution in [1.29, 1.82) is 0 Å². The summed E-state index contributed by atoms with van der Waals surface area (Å²) in [4.78, 5) is 23.0. The Morgan fingerprint density at radius 1 is 1.17 bits per heavy atom. The molecule has 0 aliphatic heterocycles. The van der Waals surface area contributed by atoms with Crippen LogP contribution in [-0.2, 0) is 17.8 Å². The third kappa shape index (κ3) is 3.52. The number of carboxylic acids is 1. The van der Waals surface area contributed by atoms with Crippen molar-refractivity contribution in [3.8, 4) is 17.0 Å². The Morgan fingerprint density at radius 2 is 2.03 bits per heavy atom. The lowest BCUT2D eigenvalue weighted by atomic mass is 10.0. The Labute approximate surface area is 173 Å². The zero-order valence-electron chi connectivity index (χ0n) is 16.3. The van der Waals surface area contributed by atoms with Crippen LogP contribution >= 0.6 is 0 Å². The van der Waals surface area contributed by atoms with E-state index in [0.717, 1.165) is 52.0 Å². The van der Waals surface area contributed by atoms with Crippen molar-refractivity contribution in [1.82, 2.24) is 15.0 Å². The van der Waals surface area contributed by atoms with Crippen LogP contribution in [0.3, 0.4) is 0 Å². The molecule has 150 valence electrons. The first-order chi connectivity index (χ1) is 14.7. The smallest absolute Gasteiger partial charge is 0.304 e. The van der Waals surface area contributed by atoms with E-state index in [1.807, 2.05) is 36.4 Å². The van der Waals surface area contributed by atoms with Crippen LogP contribution in [0.2, 0.25) is 0 Å². The average molecular weight is 399 g/mol. The first kappa shape index (κ1) is 18.4. The number of aryl methyl sites for hydroxylation is 1. The maximum absolute atomic E-state index is 11.1. The Hall–Kier alpha value is -3.67. The minimum absolute atomic E-state index is 0.0714. The zero-order valence-corrected chi connectivity index (χ0v) is 16.3. The number of rotatable bonds is 6. The zero-order chi connectivity index (χ0) is 20.5. The summed E-state index contributed by atoms with van der Waals surface area (Å²) in [6.07, 6.45) is 7.05. The Kier molecular flexibility index (Phi) is 4.67. The van der Waals surface area contributed by atoms with Gasteiger partial charge in [-0.25, -0.2) is 0 Å². The van der Waals surface area contributed by atoms with Gasteiger partial charge in [0.2, 0.25) is 0 Å². The monoisotopic (exact) mass is 399 g/mol. The van der Waals surface area contributed by atoms with Gasteiger partial charge in [0.25, 0.3) is 0 Å². The van der Waals surface area contributed by atoms with Crippen LogP contribution < -0.4 is 4.74 Å². The summed E-state index contributed by atoms with van der Waals surface area (Å²) < 4.78 is 6.03. The lowest BCUT2D eigenvalue weighted by Gasteiger charge is -2.08.